The summed E-state index contributed by atoms with van der Waals surface area (Å²) in [7, 11) is 0. The number of amides is 1. The van der Waals surface area contributed by atoms with Crippen molar-refractivity contribution in [2.45, 2.75) is 18.4 Å². The van der Waals surface area contributed by atoms with Crippen LogP contribution >= 0.6 is 34.7 Å². The topological polar surface area (TPSA) is 55.4 Å². The number of thiophene rings is 1. The maximum atomic E-state index is 12.0. The summed E-state index contributed by atoms with van der Waals surface area (Å²) in [6, 6.07) is 15.2. The van der Waals surface area contributed by atoms with Crippen LogP contribution in [0.25, 0.3) is 10.1 Å². The van der Waals surface area contributed by atoms with E-state index in [1.807, 2.05) is 36.4 Å². The Morgan fingerprint density at radius 3 is 2.58 bits per heavy atom. The minimum Gasteiger partial charge on any atom is -0.459 e. The molecule has 0 unspecified atom stereocenters. The number of hydrogen-bond donors (Lipinski definition) is 1. The quantitative estimate of drug-likeness (QED) is 0.443. The van der Waals surface area contributed by atoms with E-state index in [4.69, 9.17) is 16.3 Å². The third-order valence-corrected chi connectivity index (χ3v) is 6.17. The fraction of sp³-hybridized carbons (Fsp3) is 0.158. The molecule has 0 spiro atoms. The van der Waals surface area contributed by atoms with Crippen LogP contribution in [0.5, 0.6) is 0 Å². The van der Waals surface area contributed by atoms with Crippen LogP contribution in [0.3, 0.4) is 0 Å². The van der Waals surface area contributed by atoms with E-state index in [1.54, 1.807) is 12.1 Å². The highest BCUT2D eigenvalue weighted by Gasteiger charge is 2.12. The lowest BCUT2D eigenvalue weighted by Gasteiger charge is -2.05. The first kappa shape index (κ1) is 18.8. The van der Waals surface area contributed by atoms with Gasteiger partial charge in [-0.3, -0.25) is 9.59 Å². The van der Waals surface area contributed by atoms with E-state index in [-0.39, 0.29) is 24.2 Å². The highest BCUT2D eigenvalue weighted by atomic mass is 35.5. The van der Waals surface area contributed by atoms with Crippen LogP contribution in [-0.4, -0.2) is 17.6 Å². The third kappa shape index (κ3) is 4.78. The molecule has 0 atom stereocenters. The number of benzene rings is 2. The second-order valence-corrected chi connectivity index (χ2v) is 8.05. The highest BCUT2D eigenvalue weighted by molar-refractivity contribution is 8.00. The Kier molecular flexibility index (Phi) is 6.19. The third-order valence-electron chi connectivity index (χ3n) is 3.50. The van der Waals surface area contributed by atoms with Gasteiger partial charge >= 0.3 is 5.97 Å². The smallest absolute Gasteiger partial charge is 0.316 e. The standard InChI is InChI=1S/C19H16ClNO3S2/c1-12(22)21-13-6-8-14(9-7-13)25-11-18(23)24-10-17-19(20)15-4-2-3-5-16(15)26-17/h2-9H,10-11H2,1H3,(H,21,22). The van der Waals surface area contributed by atoms with Crippen LogP contribution in [0, 0.1) is 0 Å². The molecule has 1 aromatic heterocycles. The minimum absolute atomic E-state index is 0.117. The summed E-state index contributed by atoms with van der Waals surface area (Å²) in [6.07, 6.45) is 0. The number of hydrogen-bond acceptors (Lipinski definition) is 5. The molecule has 1 heterocycles. The van der Waals surface area contributed by atoms with Crippen LogP contribution in [-0.2, 0) is 20.9 Å². The molecule has 1 amide bonds. The zero-order valence-corrected chi connectivity index (χ0v) is 16.3. The van der Waals surface area contributed by atoms with E-state index >= 15 is 0 Å². The molecule has 134 valence electrons. The zero-order valence-electron chi connectivity index (χ0n) is 14.0. The van der Waals surface area contributed by atoms with Crippen molar-refractivity contribution < 1.29 is 14.3 Å². The zero-order chi connectivity index (χ0) is 18.5. The predicted octanol–water partition coefficient (Wildman–Crippen LogP) is 5.35. The maximum Gasteiger partial charge on any atom is 0.316 e. The van der Waals surface area contributed by atoms with Gasteiger partial charge in [-0.1, -0.05) is 29.8 Å². The van der Waals surface area contributed by atoms with Gasteiger partial charge in [0.15, 0.2) is 0 Å². The summed E-state index contributed by atoms with van der Waals surface area (Å²) in [6.45, 7) is 1.64. The van der Waals surface area contributed by atoms with Gasteiger partial charge in [-0.2, -0.15) is 0 Å². The van der Waals surface area contributed by atoms with Crippen molar-refractivity contribution in [1.29, 1.82) is 0 Å². The van der Waals surface area contributed by atoms with E-state index < -0.39 is 0 Å². The minimum atomic E-state index is -0.297. The van der Waals surface area contributed by atoms with E-state index in [1.165, 1.54) is 30.0 Å². The number of esters is 1. The van der Waals surface area contributed by atoms with E-state index in [9.17, 15) is 9.59 Å². The molecule has 0 bridgehead atoms. The summed E-state index contributed by atoms with van der Waals surface area (Å²) in [5.41, 5.74) is 0.726. The van der Waals surface area contributed by atoms with Gasteiger partial charge in [-0.15, -0.1) is 23.1 Å². The lowest BCUT2D eigenvalue weighted by molar-refractivity contribution is -0.141. The molecule has 0 aliphatic heterocycles. The normalized spacial score (nSPS) is 10.7. The first-order valence-electron chi connectivity index (χ1n) is 7.85. The van der Waals surface area contributed by atoms with Crippen molar-refractivity contribution in [3.05, 3.63) is 58.4 Å². The molecule has 3 rings (SSSR count). The van der Waals surface area contributed by atoms with Gasteiger partial charge in [0.2, 0.25) is 5.91 Å². The Morgan fingerprint density at radius 2 is 1.88 bits per heavy atom. The molecule has 26 heavy (non-hydrogen) atoms. The molecule has 0 fully saturated rings. The Morgan fingerprint density at radius 1 is 1.15 bits per heavy atom. The van der Waals surface area contributed by atoms with Crippen molar-refractivity contribution >= 4 is 62.3 Å². The van der Waals surface area contributed by atoms with Crippen LogP contribution < -0.4 is 5.32 Å². The Hall–Kier alpha value is -2.02. The van der Waals surface area contributed by atoms with Gasteiger partial charge in [-0.25, -0.2) is 0 Å². The second kappa shape index (κ2) is 8.58. The Labute approximate surface area is 164 Å². The van der Waals surface area contributed by atoms with Gasteiger partial charge < -0.3 is 10.1 Å². The monoisotopic (exact) mass is 405 g/mol. The van der Waals surface area contributed by atoms with Gasteiger partial charge in [0.05, 0.1) is 15.7 Å². The predicted molar refractivity (Wildman–Crippen MR) is 108 cm³/mol. The number of thioether (sulfide) groups is 1. The maximum absolute atomic E-state index is 12.0. The average molecular weight is 406 g/mol. The number of fused-ring (bicyclic) bond motifs is 1. The summed E-state index contributed by atoms with van der Waals surface area (Å²) in [4.78, 5) is 24.8. The van der Waals surface area contributed by atoms with Gasteiger partial charge in [-0.05, 0) is 30.3 Å². The first-order valence-corrected chi connectivity index (χ1v) is 10.0. The molecule has 4 nitrogen and oxygen atoms in total. The number of nitrogens with one attached hydrogen (secondary N) is 1. The lowest BCUT2D eigenvalue weighted by atomic mass is 10.2. The Bertz CT molecular complexity index is 938. The fourth-order valence-electron chi connectivity index (χ4n) is 2.33. The summed E-state index contributed by atoms with van der Waals surface area (Å²) in [5, 5.41) is 4.34. The largest absolute Gasteiger partial charge is 0.459 e. The molecule has 0 aliphatic rings. The number of rotatable bonds is 6. The van der Waals surface area contributed by atoms with E-state index in [2.05, 4.69) is 5.32 Å². The highest BCUT2D eigenvalue weighted by Crippen LogP contribution is 2.35. The van der Waals surface area contributed by atoms with Crippen molar-refractivity contribution in [2.24, 2.45) is 0 Å². The van der Waals surface area contributed by atoms with Crippen LogP contribution in [0.1, 0.15) is 11.8 Å². The molecule has 0 radical (unpaired) electrons. The second-order valence-electron chi connectivity index (χ2n) is 5.49. The number of halogens is 1. The number of carbonyl (C=O) groups excluding carboxylic acids is 2. The van der Waals surface area contributed by atoms with Gasteiger partial charge in [0, 0.05) is 27.6 Å². The lowest BCUT2D eigenvalue weighted by Crippen LogP contribution is -2.07. The van der Waals surface area contributed by atoms with E-state index in [0.29, 0.717) is 5.02 Å². The van der Waals surface area contributed by atoms with Crippen molar-refractivity contribution in [2.75, 3.05) is 11.1 Å². The van der Waals surface area contributed by atoms with Crippen LogP contribution in [0.4, 0.5) is 5.69 Å². The SMILES string of the molecule is CC(=O)Nc1ccc(SCC(=O)OCc2sc3ccccc3c2Cl)cc1. The fourth-order valence-corrected chi connectivity index (χ4v) is 4.42. The number of carbonyl (C=O) groups is 2. The molecule has 0 aliphatic carbocycles. The summed E-state index contributed by atoms with van der Waals surface area (Å²) in [5.74, 6) is -0.203. The van der Waals surface area contributed by atoms with Gasteiger partial charge in [0.25, 0.3) is 0 Å². The molecule has 7 heteroatoms. The average Bonchev–Trinajstić information content (AvgIpc) is 2.95. The molecule has 1 N–H and O–H groups in total. The molecule has 3 aromatic rings. The van der Waals surface area contributed by atoms with Crippen molar-refractivity contribution in [1.82, 2.24) is 0 Å². The Balaban J connectivity index is 1.51. The van der Waals surface area contributed by atoms with Gasteiger partial charge in [0.1, 0.15) is 6.61 Å². The van der Waals surface area contributed by atoms with Crippen LogP contribution in [0.15, 0.2) is 53.4 Å². The van der Waals surface area contributed by atoms with Crippen molar-refractivity contribution in [3.8, 4) is 0 Å². The molecular weight excluding hydrogens is 390 g/mol. The molecule has 0 saturated heterocycles. The van der Waals surface area contributed by atoms with Crippen molar-refractivity contribution in [3.63, 3.8) is 0 Å². The molecule has 0 saturated carbocycles. The molecule has 2 aromatic carbocycles. The summed E-state index contributed by atoms with van der Waals surface area (Å²) >= 11 is 9.27. The summed E-state index contributed by atoms with van der Waals surface area (Å²) < 4.78 is 6.43. The molecular formula is C19H16ClNO3S2. The van der Waals surface area contributed by atoms with Crippen LogP contribution in [0.2, 0.25) is 5.02 Å². The number of ether oxygens (including phenoxy) is 1. The van der Waals surface area contributed by atoms with E-state index in [0.717, 1.165) is 25.5 Å². The number of anilines is 1. The first-order chi connectivity index (χ1) is 12.5.